The van der Waals surface area contributed by atoms with Crippen LogP contribution in [0, 0.1) is 6.92 Å². The molecule has 0 unspecified atom stereocenters. The van der Waals surface area contributed by atoms with E-state index >= 15 is 0 Å². The molecule has 0 aliphatic heterocycles. The average molecular weight is 311 g/mol. The van der Waals surface area contributed by atoms with Gasteiger partial charge < -0.3 is 10.1 Å². The maximum atomic E-state index is 12.0. The Morgan fingerprint density at radius 1 is 1.09 bits per heavy atom. The van der Waals surface area contributed by atoms with Crippen molar-refractivity contribution in [3.8, 4) is 5.75 Å². The van der Waals surface area contributed by atoms with Gasteiger partial charge in [-0.3, -0.25) is 4.79 Å². The van der Waals surface area contributed by atoms with E-state index in [0.29, 0.717) is 6.54 Å². The third kappa shape index (κ3) is 5.13. The number of carbonyl (C=O) groups excluding carboxylic acids is 1. The molecule has 2 aromatic rings. The molecule has 3 nitrogen and oxygen atoms in total. The molecular formula is C20H25NO2. The SMILES string of the molecule is Cc1ccc(C(C)(C)C)c(OCC(=O)NCc2ccccc2)c1. The first-order chi connectivity index (χ1) is 10.9. The fourth-order valence-corrected chi connectivity index (χ4v) is 2.36. The summed E-state index contributed by atoms with van der Waals surface area (Å²) in [5.74, 6) is 0.669. The maximum Gasteiger partial charge on any atom is 0.258 e. The van der Waals surface area contributed by atoms with Crippen LogP contribution in [0.25, 0.3) is 0 Å². The van der Waals surface area contributed by atoms with Gasteiger partial charge in [-0.2, -0.15) is 0 Å². The lowest BCUT2D eigenvalue weighted by atomic mass is 9.86. The molecule has 1 amide bonds. The summed E-state index contributed by atoms with van der Waals surface area (Å²) < 4.78 is 5.78. The van der Waals surface area contributed by atoms with E-state index in [-0.39, 0.29) is 17.9 Å². The summed E-state index contributed by atoms with van der Waals surface area (Å²) in [6.45, 7) is 8.98. The van der Waals surface area contributed by atoms with Crippen LogP contribution in [0.1, 0.15) is 37.5 Å². The van der Waals surface area contributed by atoms with E-state index in [0.717, 1.165) is 22.4 Å². The second kappa shape index (κ2) is 7.32. The van der Waals surface area contributed by atoms with Crippen LogP contribution in [-0.2, 0) is 16.8 Å². The molecule has 0 spiro atoms. The van der Waals surface area contributed by atoms with Crippen molar-refractivity contribution in [1.82, 2.24) is 5.32 Å². The Labute approximate surface area is 138 Å². The van der Waals surface area contributed by atoms with Gasteiger partial charge in [0.25, 0.3) is 5.91 Å². The minimum Gasteiger partial charge on any atom is -0.483 e. The van der Waals surface area contributed by atoms with Gasteiger partial charge in [-0.25, -0.2) is 0 Å². The van der Waals surface area contributed by atoms with Gasteiger partial charge in [0, 0.05) is 6.54 Å². The summed E-state index contributed by atoms with van der Waals surface area (Å²) in [5, 5.41) is 2.88. The summed E-state index contributed by atoms with van der Waals surface area (Å²) in [6.07, 6.45) is 0. The highest BCUT2D eigenvalue weighted by Crippen LogP contribution is 2.31. The van der Waals surface area contributed by atoms with Crippen molar-refractivity contribution in [3.05, 3.63) is 65.2 Å². The summed E-state index contributed by atoms with van der Waals surface area (Å²) in [4.78, 5) is 12.0. The molecule has 0 saturated heterocycles. The van der Waals surface area contributed by atoms with Crippen molar-refractivity contribution >= 4 is 5.91 Å². The zero-order valence-corrected chi connectivity index (χ0v) is 14.3. The molecule has 0 heterocycles. The van der Waals surface area contributed by atoms with Gasteiger partial charge in [0.1, 0.15) is 5.75 Å². The van der Waals surface area contributed by atoms with Crippen LogP contribution in [0.4, 0.5) is 0 Å². The molecule has 0 fully saturated rings. The largest absolute Gasteiger partial charge is 0.483 e. The maximum absolute atomic E-state index is 12.0. The molecule has 0 radical (unpaired) electrons. The van der Waals surface area contributed by atoms with Gasteiger partial charge in [0.15, 0.2) is 6.61 Å². The third-order valence-electron chi connectivity index (χ3n) is 3.64. The number of amides is 1. The van der Waals surface area contributed by atoms with Crippen molar-refractivity contribution < 1.29 is 9.53 Å². The van der Waals surface area contributed by atoms with Crippen LogP contribution in [-0.4, -0.2) is 12.5 Å². The lowest BCUT2D eigenvalue weighted by molar-refractivity contribution is -0.123. The lowest BCUT2D eigenvalue weighted by Crippen LogP contribution is -2.29. The minimum absolute atomic E-state index is 0.0243. The van der Waals surface area contributed by atoms with E-state index in [1.807, 2.05) is 43.3 Å². The van der Waals surface area contributed by atoms with Gasteiger partial charge in [-0.1, -0.05) is 63.2 Å². The predicted octanol–water partition coefficient (Wildman–Crippen LogP) is 3.99. The number of nitrogens with one attached hydrogen (secondary N) is 1. The van der Waals surface area contributed by atoms with Crippen LogP contribution >= 0.6 is 0 Å². The molecule has 23 heavy (non-hydrogen) atoms. The Morgan fingerprint density at radius 2 is 1.78 bits per heavy atom. The second-order valence-corrected chi connectivity index (χ2v) is 6.80. The summed E-state index contributed by atoms with van der Waals surface area (Å²) >= 11 is 0. The summed E-state index contributed by atoms with van der Waals surface area (Å²) in [5.41, 5.74) is 3.28. The highest BCUT2D eigenvalue weighted by atomic mass is 16.5. The van der Waals surface area contributed by atoms with E-state index in [1.165, 1.54) is 0 Å². The van der Waals surface area contributed by atoms with Crippen molar-refractivity contribution in [2.75, 3.05) is 6.61 Å². The number of rotatable bonds is 5. The Hall–Kier alpha value is -2.29. The van der Waals surface area contributed by atoms with Gasteiger partial charge in [-0.15, -0.1) is 0 Å². The third-order valence-corrected chi connectivity index (χ3v) is 3.64. The van der Waals surface area contributed by atoms with Crippen molar-refractivity contribution in [2.45, 2.75) is 39.7 Å². The normalized spacial score (nSPS) is 11.1. The zero-order chi connectivity index (χ0) is 16.9. The second-order valence-electron chi connectivity index (χ2n) is 6.80. The first-order valence-corrected chi connectivity index (χ1v) is 7.91. The quantitative estimate of drug-likeness (QED) is 0.907. The molecule has 0 saturated carbocycles. The van der Waals surface area contributed by atoms with Crippen molar-refractivity contribution in [3.63, 3.8) is 0 Å². The Kier molecular flexibility index (Phi) is 5.43. The van der Waals surface area contributed by atoms with Crippen LogP contribution < -0.4 is 10.1 Å². The van der Waals surface area contributed by atoms with Crippen LogP contribution in [0.2, 0.25) is 0 Å². The molecule has 0 aliphatic carbocycles. The number of hydrogen-bond donors (Lipinski definition) is 1. The van der Waals surface area contributed by atoms with Gasteiger partial charge in [-0.05, 0) is 35.1 Å². The summed E-state index contributed by atoms with van der Waals surface area (Å²) in [6, 6.07) is 16.0. The Morgan fingerprint density at radius 3 is 2.43 bits per heavy atom. The molecular weight excluding hydrogens is 286 g/mol. The monoisotopic (exact) mass is 311 g/mol. The van der Waals surface area contributed by atoms with Crippen molar-refractivity contribution in [1.29, 1.82) is 0 Å². The number of carbonyl (C=O) groups is 1. The van der Waals surface area contributed by atoms with E-state index in [4.69, 9.17) is 4.74 Å². The van der Waals surface area contributed by atoms with Crippen molar-refractivity contribution in [2.24, 2.45) is 0 Å². The van der Waals surface area contributed by atoms with Crippen LogP contribution in [0.15, 0.2) is 48.5 Å². The number of hydrogen-bond acceptors (Lipinski definition) is 2. The lowest BCUT2D eigenvalue weighted by Gasteiger charge is -2.23. The van der Waals surface area contributed by atoms with Gasteiger partial charge in [0.05, 0.1) is 0 Å². The molecule has 0 aliphatic rings. The van der Waals surface area contributed by atoms with E-state index in [2.05, 4.69) is 38.2 Å². The fraction of sp³-hybridized carbons (Fsp3) is 0.350. The Bertz CT molecular complexity index is 657. The predicted molar refractivity (Wildman–Crippen MR) is 93.7 cm³/mol. The Balaban J connectivity index is 1.95. The molecule has 2 rings (SSSR count). The van der Waals surface area contributed by atoms with E-state index in [9.17, 15) is 4.79 Å². The zero-order valence-electron chi connectivity index (χ0n) is 14.3. The minimum atomic E-state index is -0.116. The standard InChI is InChI=1S/C20H25NO2/c1-15-10-11-17(20(2,3)4)18(12-15)23-14-19(22)21-13-16-8-6-5-7-9-16/h5-12H,13-14H2,1-4H3,(H,21,22). The topological polar surface area (TPSA) is 38.3 Å². The smallest absolute Gasteiger partial charge is 0.258 e. The number of benzene rings is 2. The van der Waals surface area contributed by atoms with E-state index in [1.54, 1.807) is 0 Å². The summed E-state index contributed by atoms with van der Waals surface area (Å²) in [7, 11) is 0. The molecule has 0 atom stereocenters. The van der Waals surface area contributed by atoms with Crippen LogP contribution in [0.3, 0.4) is 0 Å². The van der Waals surface area contributed by atoms with E-state index < -0.39 is 0 Å². The molecule has 1 N–H and O–H groups in total. The molecule has 3 heteroatoms. The first-order valence-electron chi connectivity index (χ1n) is 7.91. The highest BCUT2D eigenvalue weighted by molar-refractivity contribution is 5.77. The first kappa shape index (κ1) is 17.1. The number of aryl methyl sites for hydroxylation is 1. The highest BCUT2D eigenvalue weighted by Gasteiger charge is 2.19. The molecule has 2 aromatic carbocycles. The van der Waals surface area contributed by atoms with Crippen LogP contribution in [0.5, 0.6) is 5.75 Å². The van der Waals surface area contributed by atoms with Gasteiger partial charge in [0.2, 0.25) is 0 Å². The average Bonchev–Trinajstić information content (AvgIpc) is 2.51. The van der Waals surface area contributed by atoms with Gasteiger partial charge >= 0.3 is 0 Å². The molecule has 122 valence electrons. The number of ether oxygens (including phenoxy) is 1. The fourth-order valence-electron chi connectivity index (χ4n) is 2.36. The molecule has 0 aromatic heterocycles. The molecule has 0 bridgehead atoms.